The maximum atomic E-state index is 13.8. The largest absolute Gasteiger partial charge is 0.368 e. The summed E-state index contributed by atoms with van der Waals surface area (Å²) in [5.41, 5.74) is 1.04. The highest BCUT2D eigenvalue weighted by molar-refractivity contribution is 5.51. The van der Waals surface area contributed by atoms with Gasteiger partial charge in [-0.25, -0.2) is 4.39 Å². The number of nitriles is 1. The van der Waals surface area contributed by atoms with Crippen LogP contribution in [0.1, 0.15) is 45.1 Å². The van der Waals surface area contributed by atoms with Crippen molar-refractivity contribution in [3.63, 3.8) is 0 Å². The molecule has 0 saturated heterocycles. The molecule has 0 heterocycles. The number of halogens is 1. The van der Waals surface area contributed by atoms with Crippen LogP contribution in [0, 0.1) is 23.1 Å². The van der Waals surface area contributed by atoms with Crippen LogP contribution in [-0.4, -0.2) is 12.6 Å². The zero-order chi connectivity index (χ0) is 13.8. The van der Waals surface area contributed by atoms with Gasteiger partial charge in [-0.3, -0.25) is 0 Å². The first-order valence-corrected chi connectivity index (χ1v) is 7.08. The van der Waals surface area contributed by atoms with Gasteiger partial charge in [-0.05, 0) is 37.0 Å². The Morgan fingerprint density at radius 2 is 2.05 bits per heavy atom. The van der Waals surface area contributed by atoms with Gasteiger partial charge in [0.1, 0.15) is 11.9 Å². The molecule has 1 aliphatic rings. The number of nitrogens with zero attached hydrogens (tertiary/aromatic N) is 2. The third-order valence-corrected chi connectivity index (χ3v) is 3.73. The van der Waals surface area contributed by atoms with Gasteiger partial charge in [0.2, 0.25) is 0 Å². The highest BCUT2D eigenvalue weighted by Gasteiger charge is 2.24. The Morgan fingerprint density at radius 1 is 1.37 bits per heavy atom. The van der Waals surface area contributed by atoms with E-state index in [0.717, 1.165) is 12.2 Å². The molecule has 3 heteroatoms. The maximum Gasteiger partial charge on any atom is 0.143 e. The molecule has 0 bridgehead atoms. The molecule has 0 unspecified atom stereocenters. The molecule has 2 rings (SSSR count). The van der Waals surface area contributed by atoms with E-state index in [1.165, 1.54) is 31.7 Å². The Bertz CT molecular complexity index is 470. The summed E-state index contributed by atoms with van der Waals surface area (Å²) in [6.45, 7) is 5.31. The topological polar surface area (TPSA) is 27.0 Å². The van der Waals surface area contributed by atoms with Crippen molar-refractivity contribution in [3.05, 3.63) is 29.6 Å². The molecule has 1 saturated carbocycles. The van der Waals surface area contributed by atoms with Crippen molar-refractivity contribution in [2.24, 2.45) is 5.92 Å². The van der Waals surface area contributed by atoms with Crippen LogP contribution in [0.5, 0.6) is 0 Å². The van der Waals surface area contributed by atoms with E-state index in [1.54, 1.807) is 6.07 Å². The summed E-state index contributed by atoms with van der Waals surface area (Å²) < 4.78 is 13.8. The summed E-state index contributed by atoms with van der Waals surface area (Å²) in [4.78, 5) is 2.32. The van der Waals surface area contributed by atoms with E-state index in [1.807, 2.05) is 12.1 Å². The Hall–Kier alpha value is -1.56. The molecule has 0 spiro atoms. The second-order valence-electron chi connectivity index (χ2n) is 5.76. The highest BCUT2D eigenvalue weighted by Crippen LogP contribution is 2.30. The molecule has 102 valence electrons. The van der Waals surface area contributed by atoms with Crippen molar-refractivity contribution in [2.45, 2.75) is 45.6 Å². The van der Waals surface area contributed by atoms with Crippen LogP contribution in [0.4, 0.5) is 10.1 Å². The summed E-state index contributed by atoms with van der Waals surface area (Å²) >= 11 is 0. The molecule has 0 radical (unpaired) electrons. The van der Waals surface area contributed by atoms with Crippen LogP contribution in [-0.2, 0) is 0 Å². The molecule has 0 atom stereocenters. The molecule has 1 aromatic rings. The van der Waals surface area contributed by atoms with Gasteiger partial charge < -0.3 is 4.90 Å². The van der Waals surface area contributed by atoms with Crippen LogP contribution in [0.3, 0.4) is 0 Å². The van der Waals surface area contributed by atoms with Crippen LogP contribution < -0.4 is 4.90 Å². The summed E-state index contributed by atoms with van der Waals surface area (Å²) in [6, 6.07) is 7.38. The molecule has 19 heavy (non-hydrogen) atoms. The molecule has 1 fully saturated rings. The minimum Gasteiger partial charge on any atom is -0.368 e. The van der Waals surface area contributed by atoms with Crippen molar-refractivity contribution < 1.29 is 4.39 Å². The molecule has 0 aliphatic heterocycles. The van der Waals surface area contributed by atoms with Crippen LogP contribution in [0.25, 0.3) is 0 Å². The lowest BCUT2D eigenvalue weighted by Gasteiger charge is -2.33. The minimum absolute atomic E-state index is 0.125. The molecule has 1 aromatic carbocycles. The zero-order valence-corrected chi connectivity index (χ0v) is 11.7. The SMILES string of the molecule is CC(C)CN(c1ccc(C#N)c(F)c1)C1CCCC1. The first-order valence-electron chi connectivity index (χ1n) is 7.08. The average molecular weight is 260 g/mol. The Balaban J connectivity index is 2.26. The summed E-state index contributed by atoms with van der Waals surface area (Å²) in [5, 5.41) is 8.80. The second-order valence-corrected chi connectivity index (χ2v) is 5.76. The monoisotopic (exact) mass is 260 g/mol. The van der Waals surface area contributed by atoms with E-state index >= 15 is 0 Å². The smallest absolute Gasteiger partial charge is 0.143 e. The van der Waals surface area contributed by atoms with E-state index in [2.05, 4.69) is 18.7 Å². The van der Waals surface area contributed by atoms with Gasteiger partial charge >= 0.3 is 0 Å². The first-order chi connectivity index (χ1) is 9.11. The van der Waals surface area contributed by atoms with Crippen LogP contribution in [0.15, 0.2) is 18.2 Å². The van der Waals surface area contributed by atoms with E-state index in [-0.39, 0.29) is 5.56 Å². The predicted molar refractivity (Wildman–Crippen MR) is 75.6 cm³/mol. The quantitative estimate of drug-likeness (QED) is 0.814. The Labute approximate surface area is 114 Å². The molecular weight excluding hydrogens is 239 g/mol. The molecule has 1 aliphatic carbocycles. The fourth-order valence-corrected chi connectivity index (χ4v) is 2.85. The van der Waals surface area contributed by atoms with Gasteiger partial charge in [-0.1, -0.05) is 26.7 Å². The van der Waals surface area contributed by atoms with Crippen molar-refractivity contribution in [3.8, 4) is 6.07 Å². The van der Waals surface area contributed by atoms with Crippen molar-refractivity contribution in [1.29, 1.82) is 5.26 Å². The summed E-state index contributed by atoms with van der Waals surface area (Å²) in [7, 11) is 0. The van der Waals surface area contributed by atoms with Crippen molar-refractivity contribution in [1.82, 2.24) is 0 Å². The molecule has 0 N–H and O–H groups in total. The number of hydrogen-bond acceptors (Lipinski definition) is 2. The zero-order valence-electron chi connectivity index (χ0n) is 11.7. The number of hydrogen-bond donors (Lipinski definition) is 0. The van der Waals surface area contributed by atoms with Crippen molar-refractivity contribution in [2.75, 3.05) is 11.4 Å². The van der Waals surface area contributed by atoms with Crippen LogP contribution >= 0.6 is 0 Å². The highest BCUT2D eigenvalue weighted by atomic mass is 19.1. The Morgan fingerprint density at radius 3 is 2.58 bits per heavy atom. The van der Waals surface area contributed by atoms with Gasteiger partial charge in [0.05, 0.1) is 5.56 Å². The third-order valence-electron chi connectivity index (χ3n) is 3.73. The van der Waals surface area contributed by atoms with Gasteiger partial charge in [0.25, 0.3) is 0 Å². The van der Waals surface area contributed by atoms with Gasteiger partial charge in [-0.2, -0.15) is 5.26 Å². The predicted octanol–water partition coefficient (Wildman–Crippen LogP) is 4.10. The molecule has 0 amide bonds. The minimum atomic E-state index is -0.410. The standard InChI is InChI=1S/C16H21FN2/c1-12(2)11-19(14-5-3-4-6-14)15-8-7-13(10-18)16(17)9-15/h7-9,12,14H,3-6,11H2,1-2H3. The first kappa shape index (κ1) is 13.9. The lowest BCUT2D eigenvalue weighted by atomic mass is 10.1. The lowest BCUT2D eigenvalue weighted by molar-refractivity contribution is 0.533. The van der Waals surface area contributed by atoms with Crippen molar-refractivity contribution >= 4 is 5.69 Å². The van der Waals surface area contributed by atoms with E-state index in [4.69, 9.17) is 5.26 Å². The molecule has 2 nitrogen and oxygen atoms in total. The molecular formula is C16H21FN2. The lowest BCUT2D eigenvalue weighted by Crippen LogP contribution is -2.36. The van der Waals surface area contributed by atoms with Gasteiger partial charge in [0.15, 0.2) is 0 Å². The normalized spacial score (nSPS) is 15.7. The third kappa shape index (κ3) is 3.26. The maximum absolute atomic E-state index is 13.8. The second kappa shape index (κ2) is 6.06. The van der Waals surface area contributed by atoms with E-state index in [9.17, 15) is 4.39 Å². The van der Waals surface area contributed by atoms with Crippen LogP contribution in [0.2, 0.25) is 0 Å². The number of rotatable bonds is 4. The number of benzene rings is 1. The Kier molecular flexibility index (Phi) is 4.42. The fraction of sp³-hybridized carbons (Fsp3) is 0.562. The number of anilines is 1. The average Bonchev–Trinajstić information content (AvgIpc) is 2.89. The fourth-order valence-electron chi connectivity index (χ4n) is 2.85. The summed E-state index contributed by atoms with van der Waals surface area (Å²) in [5.74, 6) is 0.131. The molecule has 0 aromatic heterocycles. The summed E-state index contributed by atoms with van der Waals surface area (Å²) in [6.07, 6.45) is 4.90. The van der Waals surface area contributed by atoms with E-state index in [0.29, 0.717) is 12.0 Å². The van der Waals surface area contributed by atoms with Gasteiger partial charge in [0, 0.05) is 18.3 Å². The van der Waals surface area contributed by atoms with E-state index < -0.39 is 5.82 Å². The van der Waals surface area contributed by atoms with Gasteiger partial charge in [-0.15, -0.1) is 0 Å².